The average molecular weight is 245 g/mol. The standard InChI is InChI=1S/C14H15NO3/c1-10(13-7-4-8-15-13)18-12-6-3-5-11(9-12)14(16)17-2/h3-10,15H,1-2H3. The fourth-order valence-corrected chi connectivity index (χ4v) is 1.68. The van der Waals surface area contributed by atoms with Crippen LogP contribution >= 0.6 is 0 Å². The van der Waals surface area contributed by atoms with Gasteiger partial charge in [-0.15, -0.1) is 0 Å². The maximum absolute atomic E-state index is 11.4. The smallest absolute Gasteiger partial charge is 0.337 e. The molecule has 1 heterocycles. The highest BCUT2D eigenvalue weighted by Gasteiger charge is 2.10. The minimum atomic E-state index is -0.368. The van der Waals surface area contributed by atoms with Crippen LogP contribution < -0.4 is 4.74 Å². The Morgan fingerprint density at radius 3 is 2.78 bits per heavy atom. The van der Waals surface area contributed by atoms with E-state index in [0.717, 1.165) is 5.69 Å². The van der Waals surface area contributed by atoms with Gasteiger partial charge >= 0.3 is 5.97 Å². The van der Waals surface area contributed by atoms with Crippen molar-refractivity contribution >= 4 is 5.97 Å². The summed E-state index contributed by atoms with van der Waals surface area (Å²) in [7, 11) is 1.36. The molecule has 4 heteroatoms. The summed E-state index contributed by atoms with van der Waals surface area (Å²) in [6.07, 6.45) is 1.74. The number of nitrogens with one attached hydrogen (secondary N) is 1. The highest BCUT2D eigenvalue weighted by Crippen LogP contribution is 2.21. The Labute approximate surface area is 106 Å². The summed E-state index contributed by atoms with van der Waals surface area (Å²) in [5.74, 6) is 0.271. The van der Waals surface area contributed by atoms with E-state index < -0.39 is 0 Å². The third kappa shape index (κ3) is 2.71. The molecule has 94 valence electrons. The summed E-state index contributed by atoms with van der Waals surface area (Å²) in [6.45, 7) is 1.94. The van der Waals surface area contributed by atoms with E-state index in [1.165, 1.54) is 7.11 Å². The maximum Gasteiger partial charge on any atom is 0.337 e. The molecule has 0 spiro atoms. The normalized spacial score (nSPS) is 11.9. The van der Waals surface area contributed by atoms with Crippen molar-refractivity contribution in [2.45, 2.75) is 13.0 Å². The molecule has 1 N–H and O–H groups in total. The van der Waals surface area contributed by atoms with Crippen molar-refractivity contribution in [1.82, 2.24) is 4.98 Å². The number of benzene rings is 1. The van der Waals surface area contributed by atoms with Gasteiger partial charge in [0.25, 0.3) is 0 Å². The third-order valence-electron chi connectivity index (χ3n) is 2.63. The molecule has 2 aromatic rings. The van der Waals surface area contributed by atoms with Crippen LogP contribution in [0.2, 0.25) is 0 Å². The first-order valence-corrected chi connectivity index (χ1v) is 5.69. The van der Waals surface area contributed by atoms with E-state index in [1.807, 2.05) is 31.3 Å². The lowest BCUT2D eigenvalue weighted by Gasteiger charge is -2.13. The van der Waals surface area contributed by atoms with Crippen molar-refractivity contribution in [3.05, 3.63) is 53.9 Å². The molecule has 0 bridgehead atoms. The second-order valence-corrected chi connectivity index (χ2v) is 3.90. The van der Waals surface area contributed by atoms with Crippen LogP contribution in [-0.4, -0.2) is 18.1 Å². The number of carbonyl (C=O) groups is 1. The second-order valence-electron chi connectivity index (χ2n) is 3.90. The molecule has 0 amide bonds. The number of rotatable bonds is 4. The lowest BCUT2D eigenvalue weighted by atomic mass is 10.2. The lowest BCUT2D eigenvalue weighted by molar-refractivity contribution is 0.0600. The molecule has 0 radical (unpaired) electrons. The molecule has 4 nitrogen and oxygen atoms in total. The number of methoxy groups -OCH3 is 1. The van der Waals surface area contributed by atoms with Crippen LogP contribution in [0.5, 0.6) is 5.75 Å². The molecule has 0 fully saturated rings. The Kier molecular flexibility index (Phi) is 3.67. The Morgan fingerprint density at radius 2 is 2.11 bits per heavy atom. The van der Waals surface area contributed by atoms with Crippen LogP contribution in [0, 0.1) is 0 Å². The zero-order valence-corrected chi connectivity index (χ0v) is 10.3. The molecule has 18 heavy (non-hydrogen) atoms. The summed E-state index contributed by atoms with van der Waals surface area (Å²) < 4.78 is 10.4. The quantitative estimate of drug-likeness (QED) is 0.842. The van der Waals surface area contributed by atoms with Gasteiger partial charge in [0.1, 0.15) is 11.9 Å². The summed E-state index contributed by atoms with van der Waals surface area (Å²) in [4.78, 5) is 14.5. The summed E-state index contributed by atoms with van der Waals surface area (Å²) >= 11 is 0. The van der Waals surface area contributed by atoms with Crippen LogP contribution in [0.4, 0.5) is 0 Å². The number of carbonyl (C=O) groups excluding carboxylic acids is 1. The van der Waals surface area contributed by atoms with Crippen LogP contribution in [0.25, 0.3) is 0 Å². The van der Waals surface area contributed by atoms with E-state index in [2.05, 4.69) is 9.72 Å². The molecule has 0 saturated carbocycles. The molecule has 1 aromatic heterocycles. The number of hydrogen-bond acceptors (Lipinski definition) is 3. The fourth-order valence-electron chi connectivity index (χ4n) is 1.68. The van der Waals surface area contributed by atoms with Crippen LogP contribution in [0.15, 0.2) is 42.6 Å². The van der Waals surface area contributed by atoms with E-state index in [4.69, 9.17) is 4.74 Å². The highest BCUT2D eigenvalue weighted by atomic mass is 16.5. The van der Waals surface area contributed by atoms with Gasteiger partial charge in [0.2, 0.25) is 0 Å². The minimum Gasteiger partial charge on any atom is -0.484 e. The fraction of sp³-hybridized carbons (Fsp3) is 0.214. The van der Waals surface area contributed by atoms with Crippen molar-refractivity contribution in [1.29, 1.82) is 0 Å². The van der Waals surface area contributed by atoms with E-state index in [1.54, 1.807) is 18.2 Å². The monoisotopic (exact) mass is 245 g/mol. The first kappa shape index (κ1) is 12.2. The van der Waals surface area contributed by atoms with Gasteiger partial charge in [0.15, 0.2) is 0 Å². The Balaban J connectivity index is 2.12. The molecule has 0 aliphatic rings. The van der Waals surface area contributed by atoms with E-state index in [-0.39, 0.29) is 12.1 Å². The van der Waals surface area contributed by atoms with E-state index in [9.17, 15) is 4.79 Å². The van der Waals surface area contributed by atoms with E-state index in [0.29, 0.717) is 11.3 Å². The molecule has 2 rings (SSSR count). The minimum absolute atomic E-state index is 0.104. The first-order valence-electron chi connectivity index (χ1n) is 5.69. The summed E-state index contributed by atoms with van der Waals surface area (Å²) in [5, 5.41) is 0. The van der Waals surface area contributed by atoms with Gasteiger partial charge in [-0.25, -0.2) is 4.79 Å². The number of esters is 1. The van der Waals surface area contributed by atoms with Gasteiger partial charge in [-0.05, 0) is 37.3 Å². The molecule has 0 saturated heterocycles. The Hall–Kier alpha value is -2.23. The summed E-state index contributed by atoms with van der Waals surface area (Å²) in [5.41, 5.74) is 1.46. The zero-order chi connectivity index (χ0) is 13.0. The summed E-state index contributed by atoms with van der Waals surface area (Å²) in [6, 6.07) is 10.8. The Bertz CT molecular complexity index is 520. The van der Waals surface area contributed by atoms with Gasteiger partial charge in [0, 0.05) is 6.20 Å². The average Bonchev–Trinajstić information content (AvgIpc) is 2.92. The first-order chi connectivity index (χ1) is 8.70. The molecule has 1 atom stereocenters. The molecule has 0 aliphatic carbocycles. The lowest BCUT2D eigenvalue weighted by Crippen LogP contribution is -2.05. The molecule has 1 aromatic carbocycles. The van der Waals surface area contributed by atoms with Gasteiger partial charge in [-0.2, -0.15) is 0 Å². The van der Waals surface area contributed by atoms with Crippen LogP contribution in [0.3, 0.4) is 0 Å². The molecular formula is C14H15NO3. The second kappa shape index (κ2) is 5.40. The highest BCUT2D eigenvalue weighted by molar-refractivity contribution is 5.89. The number of hydrogen-bond donors (Lipinski definition) is 1. The van der Waals surface area contributed by atoms with Gasteiger partial charge in [-0.3, -0.25) is 0 Å². The molecular weight excluding hydrogens is 230 g/mol. The number of aromatic nitrogens is 1. The van der Waals surface area contributed by atoms with E-state index >= 15 is 0 Å². The van der Waals surface area contributed by atoms with Crippen LogP contribution in [0.1, 0.15) is 29.1 Å². The molecule has 1 unspecified atom stereocenters. The van der Waals surface area contributed by atoms with Crippen molar-refractivity contribution in [3.8, 4) is 5.75 Å². The number of H-pyrrole nitrogens is 1. The molecule has 0 aliphatic heterocycles. The van der Waals surface area contributed by atoms with Crippen molar-refractivity contribution in [2.75, 3.05) is 7.11 Å². The SMILES string of the molecule is COC(=O)c1cccc(OC(C)c2ccc[nH]2)c1. The predicted molar refractivity (Wildman–Crippen MR) is 67.6 cm³/mol. The van der Waals surface area contributed by atoms with Crippen LogP contribution in [-0.2, 0) is 4.74 Å². The van der Waals surface area contributed by atoms with Crippen molar-refractivity contribution in [2.24, 2.45) is 0 Å². The predicted octanol–water partition coefficient (Wildman–Crippen LogP) is 2.94. The topological polar surface area (TPSA) is 51.3 Å². The van der Waals surface area contributed by atoms with Gasteiger partial charge in [0.05, 0.1) is 18.4 Å². The third-order valence-corrected chi connectivity index (χ3v) is 2.63. The zero-order valence-electron chi connectivity index (χ0n) is 10.3. The van der Waals surface area contributed by atoms with Gasteiger partial charge < -0.3 is 14.5 Å². The Morgan fingerprint density at radius 1 is 1.28 bits per heavy atom. The maximum atomic E-state index is 11.4. The van der Waals surface area contributed by atoms with Crippen molar-refractivity contribution < 1.29 is 14.3 Å². The largest absolute Gasteiger partial charge is 0.484 e. The van der Waals surface area contributed by atoms with Crippen molar-refractivity contribution in [3.63, 3.8) is 0 Å². The van der Waals surface area contributed by atoms with Gasteiger partial charge in [-0.1, -0.05) is 6.07 Å². The number of aromatic amines is 1. The number of ether oxygens (including phenoxy) is 2.